The minimum absolute atomic E-state index is 0.336. The SMILES string of the molecule is C[S+]1CC(c2ccccc2)=Cc2ccccc21. The summed E-state index contributed by atoms with van der Waals surface area (Å²) >= 11 is 0. The number of fused-ring (bicyclic) bond motifs is 1. The summed E-state index contributed by atoms with van der Waals surface area (Å²) in [5.41, 5.74) is 4.22. The molecule has 1 aliphatic rings. The molecule has 2 aromatic rings. The van der Waals surface area contributed by atoms with E-state index in [-0.39, 0.29) is 0 Å². The molecule has 0 N–H and O–H groups in total. The highest BCUT2D eigenvalue weighted by molar-refractivity contribution is 7.96. The Hall–Kier alpha value is -1.47. The Labute approximate surface area is 105 Å². The van der Waals surface area contributed by atoms with Gasteiger partial charge in [0.25, 0.3) is 0 Å². The van der Waals surface area contributed by atoms with E-state index in [9.17, 15) is 0 Å². The molecule has 0 amide bonds. The van der Waals surface area contributed by atoms with Crippen LogP contribution in [0.4, 0.5) is 0 Å². The highest BCUT2D eigenvalue weighted by atomic mass is 32.2. The van der Waals surface area contributed by atoms with Gasteiger partial charge in [0.15, 0.2) is 4.90 Å². The Bertz CT molecular complexity index is 555. The van der Waals surface area contributed by atoms with Crippen LogP contribution in [0, 0.1) is 0 Å². The lowest BCUT2D eigenvalue weighted by atomic mass is 10.0. The van der Waals surface area contributed by atoms with E-state index in [4.69, 9.17) is 0 Å². The maximum absolute atomic E-state index is 2.34. The molecule has 84 valence electrons. The Kier molecular flexibility index (Phi) is 2.77. The molecular formula is C16H15S+. The van der Waals surface area contributed by atoms with E-state index in [0.717, 1.165) is 0 Å². The lowest BCUT2D eigenvalue weighted by molar-refractivity contribution is 1.38. The second-order valence-corrected chi connectivity index (χ2v) is 6.36. The van der Waals surface area contributed by atoms with Crippen molar-refractivity contribution in [3.63, 3.8) is 0 Å². The molecule has 0 fully saturated rings. The maximum Gasteiger partial charge on any atom is 0.162 e. The van der Waals surface area contributed by atoms with Crippen LogP contribution >= 0.6 is 0 Å². The third-order valence-electron chi connectivity index (χ3n) is 3.14. The Morgan fingerprint density at radius 2 is 1.59 bits per heavy atom. The summed E-state index contributed by atoms with van der Waals surface area (Å²) in [4.78, 5) is 1.51. The van der Waals surface area contributed by atoms with Crippen molar-refractivity contribution in [1.29, 1.82) is 0 Å². The van der Waals surface area contributed by atoms with Crippen molar-refractivity contribution >= 4 is 22.5 Å². The quantitative estimate of drug-likeness (QED) is 0.663. The van der Waals surface area contributed by atoms with E-state index in [1.54, 1.807) is 0 Å². The molecule has 17 heavy (non-hydrogen) atoms. The van der Waals surface area contributed by atoms with Crippen LogP contribution in [0.15, 0.2) is 59.5 Å². The highest BCUT2D eigenvalue weighted by Gasteiger charge is 2.25. The molecule has 0 aliphatic carbocycles. The molecule has 0 bridgehead atoms. The fraction of sp³-hybridized carbons (Fsp3) is 0.125. The van der Waals surface area contributed by atoms with Gasteiger partial charge in [-0.2, -0.15) is 0 Å². The van der Waals surface area contributed by atoms with Crippen LogP contribution < -0.4 is 0 Å². The second-order valence-electron chi connectivity index (χ2n) is 4.35. The zero-order valence-corrected chi connectivity index (χ0v) is 10.7. The molecule has 1 unspecified atom stereocenters. The Balaban J connectivity index is 2.08. The minimum Gasteiger partial charge on any atom is -0.0622 e. The smallest absolute Gasteiger partial charge is 0.0622 e. The largest absolute Gasteiger partial charge is 0.162 e. The van der Waals surface area contributed by atoms with Crippen LogP contribution in [-0.2, 0) is 10.9 Å². The van der Waals surface area contributed by atoms with Crippen LogP contribution in [0.2, 0.25) is 0 Å². The Morgan fingerprint density at radius 3 is 2.41 bits per heavy atom. The summed E-state index contributed by atoms with van der Waals surface area (Å²) in [7, 11) is 0.336. The second kappa shape index (κ2) is 4.42. The monoisotopic (exact) mass is 239 g/mol. The fourth-order valence-corrected chi connectivity index (χ4v) is 3.99. The van der Waals surface area contributed by atoms with Gasteiger partial charge in [-0.1, -0.05) is 42.5 Å². The summed E-state index contributed by atoms with van der Waals surface area (Å²) in [5.74, 6) is 1.17. The van der Waals surface area contributed by atoms with Crippen molar-refractivity contribution in [1.82, 2.24) is 0 Å². The average Bonchev–Trinajstić information content (AvgIpc) is 2.40. The molecule has 2 aromatic carbocycles. The maximum atomic E-state index is 2.34. The minimum atomic E-state index is 0.336. The standard InChI is InChI=1S/C16H15S/c1-17-12-15(13-7-3-2-4-8-13)11-14-9-5-6-10-16(14)17/h2-11H,12H2,1H3/q+1. The summed E-state index contributed by atoms with van der Waals surface area (Å²) < 4.78 is 0. The third-order valence-corrected chi connectivity index (χ3v) is 5.01. The molecule has 1 heterocycles. The molecule has 3 rings (SSSR count). The first-order valence-electron chi connectivity index (χ1n) is 5.82. The first-order valence-corrected chi connectivity index (χ1v) is 7.62. The van der Waals surface area contributed by atoms with Gasteiger partial charge < -0.3 is 0 Å². The van der Waals surface area contributed by atoms with Crippen LogP contribution in [0.1, 0.15) is 11.1 Å². The van der Waals surface area contributed by atoms with Gasteiger partial charge in [-0.05, 0) is 23.8 Å². The molecule has 0 spiro atoms. The van der Waals surface area contributed by atoms with Crippen molar-refractivity contribution in [3.05, 3.63) is 65.7 Å². The van der Waals surface area contributed by atoms with Gasteiger partial charge in [-0.15, -0.1) is 0 Å². The van der Waals surface area contributed by atoms with Crippen molar-refractivity contribution in [3.8, 4) is 0 Å². The number of rotatable bonds is 1. The molecular weight excluding hydrogens is 224 g/mol. The van der Waals surface area contributed by atoms with E-state index < -0.39 is 0 Å². The predicted molar refractivity (Wildman–Crippen MR) is 77.2 cm³/mol. The number of benzene rings is 2. The molecule has 0 saturated heterocycles. The number of hydrogen-bond donors (Lipinski definition) is 0. The lowest BCUT2D eigenvalue weighted by Crippen LogP contribution is -2.13. The van der Waals surface area contributed by atoms with Gasteiger partial charge in [-0.3, -0.25) is 0 Å². The van der Waals surface area contributed by atoms with Gasteiger partial charge in [0.2, 0.25) is 0 Å². The fourth-order valence-electron chi connectivity index (χ4n) is 2.28. The van der Waals surface area contributed by atoms with Gasteiger partial charge in [-0.25, -0.2) is 0 Å². The van der Waals surface area contributed by atoms with Gasteiger partial charge in [0.1, 0.15) is 12.0 Å². The molecule has 0 saturated carbocycles. The third kappa shape index (κ3) is 2.03. The summed E-state index contributed by atoms with van der Waals surface area (Å²) in [5, 5.41) is 0. The number of hydrogen-bond acceptors (Lipinski definition) is 0. The van der Waals surface area contributed by atoms with Crippen LogP contribution in [0.5, 0.6) is 0 Å². The van der Waals surface area contributed by atoms with Gasteiger partial charge in [0.05, 0.1) is 0 Å². The van der Waals surface area contributed by atoms with Gasteiger partial charge in [0, 0.05) is 22.0 Å². The van der Waals surface area contributed by atoms with Crippen LogP contribution in [0.3, 0.4) is 0 Å². The van der Waals surface area contributed by atoms with E-state index in [1.165, 1.54) is 27.3 Å². The molecule has 1 heteroatoms. The summed E-state index contributed by atoms with van der Waals surface area (Å²) in [6.45, 7) is 0. The highest BCUT2D eigenvalue weighted by Crippen LogP contribution is 2.31. The molecule has 0 radical (unpaired) electrons. The topological polar surface area (TPSA) is 0 Å². The average molecular weight is 239 g/mol. The van der Waals surface area contributed by atoms with E-state index in [1.807, 2.05) is 0 Å². The molecule has 1 aliphatic heterocycles. The van der Waals surface area contributed by atoms with Gasteiger partial charge >= 0.3 is 0 Å². The Morgan fingerprint density at radius 1 is 0.882 bits per heavy atom. The molecule has 0 aromatic heterocycles. The zero-order chi connectivity index (χ0) is 11.7. The molecule has 0 nitrogen and oxygen atoms in total. The summed E-state index contributed by atoms with van der Waals surface area (Å²) in [6, 6.07) is 19.5. The van der Waals surface area contributed by atoms with Crippen molar-refractivity contribution in [2.75, 3.05) is 12.0 Å². The first kappa shape index (κ1) is 10.7. The molecule has 1 atom stereocenters. The first-order chi connectivity index (χ1) is 8.34. The lowest BCUT2D eigenvalue weighted by Gasteiger charge is -2.15. The van der Waals surface area contributed by atoms with Crippen molar-refractivity contribution in [2.45, 2.75) is 4.90 Å². The predicted octanol–water partition coefficient (Wildman–Crippen LogP) is 3.85. The zero-order valence-electron chi connectivity index (χ0n) is 9.89. The van der Waals surface area contributed by atoms with Crippen molar-refractivity contribution in [2.24, 2.45) is 0 Å². The van der Waals surface area contributed by atoms with Crippen LogP contribution in [-0.4, -0.2) is 12.0 Å². The van der Waals surface area contributed by atoms with E-state index in [2.05, 4.69) is 66.9 Å². The summed E-state index contributed by atoms with van der Waals surface area (Å²) in [6.07, 6.45) is 4.69. The van der Waals surface area contributed by atoms with E-state index >= 15 is 0 Å². The normalized spacial score (nSPS) is 18.4. The van der Waals surface area contributed by atoms with Crippen molar-refractivity contribution < 1.29 is 0 Å². The van der Waals surface area contributed by atoms with E-state index in [0.29, 0.717) is 10.9 Å². The van der Waals surface area contributed by atoms with Crippen LogP contribution in [0.25, 0.3) is 11.6 Å².